The molecule has 0 saturated carbocycles. The van der Waals surface area contributed by atoms with Crippen molar-refractivity contribution in [2.45, 2.75) is 219 Å². The smallest absolute Gasteiger partial charge is 0.306 e. The normalized spacial score (nSPS) is 13.6. The van der Waals surface area contributed by atoms with Gasteiger partial charge in [0.1, 0.15) is 12.6 Å². The van der Waals surface area contributed by atoms with Crippen molar-refractivity contribution in [1.82, 2.24) is 0 Å². The van der Waals surface area contributed by atoms with E-state index in [0.717, 1.165) is 77.0 Å². The largest absolute Gasteiger partial charge is 0.544 e. The molecule has 0 spiro atoms. The molecule has 0 aromatic carbocycles. The van der Waals surface area contributed by atoms with E-state index in [9.17, 15) is 19.5 Å². The lowest BCUT2D eigenvalue weighted by Gasteiger charge is -2.34. The van der Waals surface area contributed by atoms with Crippen LogP contribution in [0.1, 0.15) is 206 Å². The summed E-state index contributed by atoms with van der Waals surface area (Å²) in [5.74, 6) is -1.78. The van der Waals surface area contributed by atoms with E-state index in [-0.39, 0.29) is 49.1 Å². The molecule has 0 rings (SSSR count). The van der Waals surface area contributed by atoms with Crippen LogP contribution in [0.15, 0.2) is 85.1 Å². The van der Waals surface area contributed by atoms with Crippen LogP contribution in [0, 0.1) is 0 Å². The summed E-state index contributed by atoms with van der Waals surface area (Å²) < 4.78 is 17.2. The Morgan fingerprint density at radius 3 is 1.38 bits per heavy atom. The third-order valence-electron chi connectivity index (χ3n) is 11.4. The number of hydrogen-bond donors (Lipinski definition) is 0. The minimum atomic E-state index is -1.13. The van der Waals surface area contributed by atoms with Crippen LogP contribution in [0.25, 0.3) is 0 Å². The van der Waals surface area contributed by atoms with Gasteiger partial charge in [0.15, 0.2) is 6.10 Å². The molecular formula is C57H97NO7. The fraction of sp³-hybridized carbons (Fsp3) is 0.702. The average molecular weight is 908 g/mol. The van der Waals surface area contributed by atoms with Crippen LogP contribution in [0.2, 0.25) is 0 Å². The summed E-state index contributed by atoms with van der Waals surface area (Å²) in [6.45, 7) is 4.54. The number of carbonyl (C=O) groups is 3. The van der Waals surface area contributed by atoms with Gasteiger partial charge in [0.05, 0.1) is 40.3 Å². The van der Waals surface area contributed by atoms with Crippen LogP contribution in [0.4, 0.5) is 0 Å². The molecule has 0 aliphatic heterocycles. The Bertz CT molecular complexity index is 1330. The Morgan fingerprint density at radius 1 is 0.477 bits per heavy atom. The molecule has 0 radical (unpaired) electrons. The molecule has 0 aromatic rings. The third kappa shape index (κ3) is 45.5. The summed E-state index contributed by atoms with van der Waals surface area (Å²) in [4.78, 5) is 37.0. The van der Waals surface area contributed by atoms with E-state index >= 15 is 0 Å². The number of ether oxygens (including phenoxy) is 3. The summed E-state index contributed by atoms with van der Waals surface area (Å²) >= 11 is 0. The maximum atomic E-state index is 12.8. The molecule has 0 aliphatic carbocycles. The zero-order valence-electron chi connectivity index (χ0n) is 42.4. The number of allylic oxidation sites excluding steroid dienone is 14. The number of unbranched alkanes of at least 4 members (excludes halogenated alkanes) is 22. The van der Waals surface area contributed by atoms with E-state index in [1.807, 2.05) is 36.5 Å². The van der Waals surface area contributed by atoms with Crippen LogP contribution in [-0.4, -0.2) is 75.5 Å². The molecule has 2 unspecified atom stereocenters. The van der Waals surface area contributed by atoms with Gasteiger partial charge in [-0.15, -0.1) is 0 Å². The van der Waals surface area contributed by atoms with E-state index in [4.69, 9.17) is 14.2 Å². The van der Waals surface area contributed by atoms with Crippen molar-refractivity contribution < 1.29 is 38.2 Å². The van der Waals surface area contributed by atoms with Crippen molar-refractivity contribution in [2.75, 3.05) is 41.0 Å². The number of esters is 2. The maximum absolute atomic E-state index is 12.8. The second-order valence-electron chi connectivity index (χ2n) is 18.5. The number of rotatable bonds is 46. The second kappa shape index (κ2) is 47.0. The van der Waals surface area contributed by atoms with Gasteiger partial charge in [0.25, 0.3) is 0 Å². The highest BCUT2D eigenvalue weighted by Gasteiger charge is 2.25. The summed E-state index contributed by atoms with van der Waals surface area (Å²) in [6.07, 6.45) is 61.8. The molecule has 0 aliphatic rings. The predicted molar refractivity (Wildman–Crippen MR) is 272 cm³/mol. The lowest BCUT2D eigenvalue weighted by atomic mass is 10.1. The minimum Gasteiger partial charge on any atom is -0.544 e. The number of hydrogen-bond acceptors (Lipinski definition) is 7. The Kier molecular flexibility index (Phi) is 44.5. The minimum absolute atomic E-state index is 0.0228. The van der Waals surface area contributed by atoms with Crippen molar-refractivity contribution >= 4 is 17.9 Å². The Labute approximate surface area is 399 Å². The number of aliphatic carboxylic acids is 1. The Morgan fingerprint density at radius 2 is 0.908 bits per heavy atom. The van der Waals surface area contributed by atoms with Gasteiger partial charge in [-0.3, -0.25) is 9.59 Å². The molecule has 0 N–H and O–H groups in total. The first kappa shape index (κ1) is 61.5. The Hall–Kier alpha value is -3.49. The molecule has 0 saturated heterocycles. The highest BCUT2D eigenvalue weighted by Crippen LogP contribution is 2.14. The first-order chi connectivity index (χ1) is 31.6. The standard InChI is InChI=1S/C57H97NO7/c1-6-8-10-12-14-16-18-20-22-24-26-27-28-29-30-32-33-35-37-39-41-43-45-47-55(59)64-52-53(51-63-50-49-54(57(61)62)58(3,4)5)65-56(60)48-46-44-42-40-38-36-34-31-25-23-21-19-17-15-13-11-9-7-2/h11,13,15,17,19,21,23,25-27,29-31,34,53-54H,6-10,12,14,16,18,20,22,24,28,32-33,35-52H2,1-5H3/b13-11+,17-15+,21-19+,25-23+,27-26+,30-29+,34-31+. The molecule has 0 aromatic heterocycles. The maximum Gasteiger partial charge on any atom is 0.306 e. The number of carboxylic acid groups (broad SMARTS) is 1. The van der Waals surface area contributed by atoms with Crippen LogP contribution >= 0.6 is 0 Å². The average Bonchev–Trinajstić information content (AvgIpc) is 3.27. The van der Waals surface area contributed by atoms with Crippen LogP contribution in [-0.2, 0) is 28.6 Å². The van der Waals surface area contributed by atoms with Crippen LogP contribution in [0.3, 0.4) is 0 Å². The predicted octanol–water partition coefficient (Wildman–Crippen LogP) is 13.9. The molecule has 8 nitrogen and oxygen atoms in total. The molecule has 0 bridgehead atoms. The van der Waals surface area contributed by atoms with Crippen molar-refractivity contribution in [3.05, 3.63) is 85.1 Å². The number of carboxylic acids is 1. The number of quaternary nitrogens is 1. The molecule has 0 fully saturated rings. The highest BCUT2D eigenvalue weighted by molar-refractivity contribution is 5.70. The number of nitrogens with zero attached hydrogens (tertiary/aromatic N) is 1. The van der Waals surface area contributed by atoms with Gasteiger partial charge in [0, 0.05) is 19.3 Å². The molecule has 0 amide bonds. The van der Waals surface area contributed by atoms with E-state index < -0.39 is 18.1 Å². The second-order valence-corrected chi connectivity index (χ2v) is 18.5. The van der Waals surface area contributed by atoms with Gasteiger partial charge in [-0.2, -0.15) is 0 Å². The van der Waals surface area contributed by atoms with E-state index in [1.165, 1.54) is 96.3 Å². The molecule has 65 heavy (non-hydrogen) atoms. The highest BCUT2D eigenvalue weighted by atomic mass is 16.6. The van der Waals surface area contributed by atoms with Gasteiger partial charge in [-0.05, 0) is 64.2 Å². The first-order valence-electron chi connectivity index (χ1n) is 26.2. The third-order valence-corrected chi connectivity index (χ3v) is 11.4. The summed E-state index contributed by atoms with van der Waals surface area (Å²) in [7, 11) is 5.40. The zero-order chi connectivity index (χ0) is 47.7. The number of likely N-dealkylation sites (N-methyl/N-ethyl adjacent to an activating group) is 1. The zero-order valence-corrected chi connectivity index (χ0v) is 42.4. The fourth-order valence-electron chi connectivity index (χ4n) is 7.31. The summed E-state index contributed by atoms with van der Waals surface area (Å²) in [5, 5.41) is 11.7. The van der Waals surface area contributed by atoms with Crippen molar-refractivity contribution in [1.29, 1.82) is 0 Å². The molecule has 0 heterocycles. The quantitative estimate of drug-likeness (QED) is 0.0197. The van der Waals surface area contributed by atoms with Gasteiger partial charge in [-0.25, -0.2) is 0 Å². The van der Waals surface area contributed by atoms with E-state index in [2.05, 4.69) is 62.5 Å². The van der Waals surface area contributed by atoms with Gasteiger partial charge in [0.2, 0.25) is 0 Å². The summed E-state index contributed by atoms with van der Waals surface area (Å²) in [6, 6.07) is -0.738. The van der Waals surface area contributed by atoms with Crippen molar-refractivity contribution in [3.63, 3.8) is 0 Å². The monoisotopic (exact) mass is 908 g/mol. The SMILES string of the molecule is CCC/C=C/C=C/C=C/C=C/C=C/CCCCCCCC(=O)OC(COCCC(C(=O)[O-])[N+](C)(C)C)COC(=O)CCCCCCCCC/C=C/C/C=C/CCCCCCCCCCC. The van der Waals surface area contributed by atoms with Crippen LogP contribution < -0.4 is 5.11 Å². The molecule has 8 heteroatoms. The van der Waals surface area contributed by atoms with Gasteiger partial charge >= 0.3 is 11.9 Å². The Balaban J connectivity index is 4.30. The molecular weight excluding hydrogens is 811 g/mol. The van der Waals surface area contributed by atoms with E-state index in [1.54, 1.807) is 21.1 Å². The fourth-order valence-corrected chi connectivity index (χ4v) is 7.31. The number of carbonyl (C=O) groups excluding carboxylic acids is 3. The van der Waals surface area contributed by atoms with Gasteiger partial charge < -0.3 is 28.6 Å². The molecule has 372 valence electrons. The first-order valence-corrected chi connectivity index (χ1v) is 26.2. The topological polar surface area (TPSA) is 102 Å². The van der Waals surface area contributed by atoms with Crippen molar-refractivity contribution in [2.24, 2.45) is 0 Å². The van der Waals surface area contributed by atoms with Crippen molar-refractivity contribution in [3.8, 4) is 0 Å². The lowest BCUT2D eigenvalue weighted by molar-refractivity contribution is -0.889. The van der Waals surface area contributed by atoms with Crippen LogP contribution in [0.5, 0.6) is 0 Å². The van der Waals surface area contributed by atoms with E-state index in [0.29, 0.717) is 6.42 Å². The molecule has 2 atom stereocenters. The summed E-state index contributed by atoms with van der Waals surface area (Å²) in [5.41, 5.74) is 0. The lowest BCUT2D eigenvalue weighted by Crippen LogP contribution is -2.55. The van der Waals surface area contributed by atoms with Gasteiger partial charge in [-0.1, -0.05) is 208 Å².